The summed E-state index contributed by atoms with van der Waals surface area (Å²) in [6.45, 7) is 0. The molecule has 1 aromatic rings. The second-order valence-corrected chi connectivity index (χ2v) is 3.97. The summed E-state index contributed by atoms with van der Waals surface area (Å²) < 4.78 is 37.0. The first-order valence-electron chi connectivity index (χ1n) is 3.39. The largest absolute Gasteiger partial charge is 0.417 e. The third-order valence-electron chi connectivity index (χ3n) is 1.50. The number of carbonyl (C=O) groups excluding carboxylic acids is 1. The Balaban J connectivity index is 3.29. The van der Waals surface area contributed by atoms with Crippen molar-refractivity contribution in [1.82, 2.24) is 0 Å². The van der Waals surface area contributed by atoms with Gasteiger partial charge in [0.15, 0.2) is 0 Å². The fraction of sp³-hybridized carbons (Fsp3) is 0.125. The first kappa shape index (κ1) is 11.8. The molecule has 0 fully saturated rings. The van der Waals surface area contributed by atoms with E-state index >= 15 is 0 Å². The molecule has 0 aliphatic rings. The molecule has 0 saturated carbocycles. The summed E-state index contributed by atoms with van der Waals surface area (Å²) in [6.07, 6.45) is -4.46. The fourth-order valence-electron chi connectivity index (χ4n) is 0.865. The van der Waals surface area contributed by atoms with Gasteiger partial charge in [-0.15, -0.1) is 0 Å². The minimum absolute atomic E-state index is 0.0387. The highest BCUT2D eigenvalue weighted by Gasteiger charge is 2.33. The highest BCUT2D eigenvalue weighted by Crippen LogP contribution is 2.33. The van der Waals surface area contributed by atoms with Gasteiger partial charge in [0.05, 0.1) is 5.56 Å². The predicted octanol–water partition coefficient (Wildman–Crippen LogP) is 3.69. The minimum Gasteiger partial charge on any atom is -0.276 e. The Labute approximate surface area is 96.4 Å². The molecule has 14 heavy (non-hydrogen) atoms. The van der Waals surface area contributed by atoms with Gasteiger partial charge in [0.25, 0.3) is 5.24 Å². The zero-order chi connectivity index (χ0) is 10.9. The van der Waals surface area contributed by atoms with E-state index in [9.17, 15) is 18.0 Å². The zero-order valence-corrected chi connectivity index (χ0v) is 9.44. The minimum atomic E-state index is -4.46. The SMILES string of the molecule is O=C(Cl)c1ccc(I)c(C(F)(F)F)c1. The lowest BCUT2D eigenvalue weighted by Crippen LogP contribution is -2.08. The van der Waals surface area contributed by atoms with Crippen LogP contribution in [0.2, 0.25) is 0 Å². The van der Waals surface area contributed by atoms with Gasteiger partial charge in [0, 0.05) is 9.13 Å². The summed E-state index contributed by atoms with van der Waals surface area (Å²) in [4.78, 5) is 10.6. The Bertz CT molecular complexity index is 375. The summed E-state index contributed by atoms with van der Waals surface area (Å²) in [5, 5.41) is -0.896. The van der Waals surface area contributed by atoms with Gasteiger partial charge >= 0.3 is 6.18 Å². The van der Waals surface area contributed by atoms with Crippen LogP contribution in [-0.2, 0) is 6.18 Å². The normalized spacial score (nSPS) is 11.5. The smallest absolute Gasteiger partial charge is 0.276 e. The number of carbonyl (C=O) groups is 1. The van der Waals surface area contributed by atoms with Crippen molar-refractivity contribution in [2.45, 2.75) is 6.18 Å². The summed E-state index contributed by atoms with van der Waals surface area (Å²) >= 11 is 6.62. The molecule has 0 unspecified atom stereocenters. The Morgan fingerprint density at radius 3 is 2.36 bits per heavy atom. The summed E-state index contributed by atoms with van der Waals surface area (Å²) in [7, 11) is 0. The van der Waals surface area contributed by atoms with Gasteiger partial charge in [0.2, 0.25) is 0 Å². The van der Waals surface area contributed by atoms with Crippen LogP contribution in [0.4, 0.5) is 13.2 Å². The van der Waals surface area contributed by atoms with Crippen LogP contribution >= 0.6 is 34.2 Å². The van der Waals surface area contributed by atoms with Gasteiger partial charge in [0.1, 0.15) is 0 Å². The van der Waals surface area contributed by atoms with E-state index in [0.29, 0.717) is 0 Å². The molecule has 0 aliphatic heterocycles. The van der Waals surface area contributed by atoms with Gasteiger partial charge in [-0.3, -0.25) is 4.79 Å². The van der Waals surface area contributed by atoms with E-state index in [0.717, 1.165) is 6.07 Å². The Kier molecular flexibility index (Phi) is 3.41. The molecule has 0 aliphatic carbocycles. The van der Waals surface area contributed by atoms with Crippen molar-refractivity contribution in [3.8, 4) is 0 Å². The molecule has 0 heterocycles. The standard InChI is InChI=1S/C8H3ClF3IO/c9-7(14)4-1-2-6(13)5(3-4)8(10,11)12/h1-3H. The number of hydrogen-bond donors (Lipinski definition) is 0. The summed E-state index contributed by atoms with van der Waals surface area (Å²) in [6, 6.07) is 3.21. The van der Waals surface area contributed by atoms with Crippen molar-refractivity contribution < 1.29 is 18.0 Å². The van der Waals surface area contributed by atoms with Crippen LogP contribution in [0.5, 0.6) is 0 Å². The van der Waals surface area contributed by atoms with Crippen LogP contribution in [0.15, 0.2) is 18.2 Å². The number of benzene rings is 1. The molecule has 0 saturated heterocycles. The lowest BCUT2D eigenvalue weighted by Gasteiger charge is -2.09. The number of halogens is 5. The van der Waals surface area contributed by atoms with E-state index in [4.69, 9.17) is 11.6 Å². The molecular weight excluding hydrogens is 331 g/mol. The van der Waals surface area contributed by atoms with E-state index in [1.807, 2.05) is 0 Å². The first-order valence-corrected chi connectivity index (χ1v) is 4.84. The molecule has 0 N–H and O–H groups in total. The second-order valence-electron chi connectivity index (χ2n) is 2.47. The van der Waals surface area contributed by atoms with Crippen LogP contribution in [0, 0.1) is 3.57 Å². The molecule has 1 nitrogen and oxygen atoms in total. The number of rotatable bonds is 1. The first-order chi connectivity index (χ1) is 6.32. The third kappa shape index (κ3) is 2.60. The average molecular weight is 334 g/mol. The number of hydrogen-bond acceptors (Lipinski definition) is 1. The topological polar surface area (TPSA) is 17.1 Å². The van der Waals surface area contributed by atoms with Gasteiger partial charge in [-0.1, -0.05) is 0 Å². The molecule has 0 bridgehead atoms. The van der Waals surface area contributed by atoms with Gasteiger partial charge in [-0.05, 0) is 52.4 Å². The van der Waals surface area contributed by atoms with E-state index in [-0.39, 0.29) is 9.13 Å². The van der Waals surface area contributed by atoms with E-state index in [1.165, 1.54) is 12.1 Å². The highest BCUT2D eigenvalue weighted by molar-refractivity contribution is 14.1. The van der Waals surface area contributed by atoms with Crippen molar-refractivity contribution >= 4 is 39.4 Å². The Morgan fingerprint density at radius 2 is 1.93 bits per heavy atom. The molecule has 6 heteroatoms. The molecular formula is C8H3ClF3IO. The lowest BCUT2D eigenvalue weighted by atomic mass is 10.1. The molecule has 0 atom stereocenters. The Hall–Kier alpha value is -0.300. The fourth-order valence-corrected chi connectivity index (χ4v) is 1.62. The molecule has 1 rings (SSSR count). The van der Waals surface area contributed by atoms with E-state index < -0.39 is 17.0 Å². The van der Waals surface area contributed by atoms with Crippen molar-refractivity contribution in [3.63, 3.8) is 0 Å². The van der Waals surface area contributed by atoms with Crippen LogP contribution in [-0.4, -0.2) is 5.24 Å². The summed E-state index contributed by atoms with van der Waals surface area (Å²) in [5.74, 6) is 0. The van der Waals surface area contributed by atoms with Crippen LogP contribution in [0.25, 0.3) is 0 Å². The van der Waals surface area contributed by atoms with Crippen LogP contribution < -0.4 is 0 Å². The molecule has 0 aromatic heterocycles. The maximum absolute atomic E-state index is 12.3. The monoisotopic (exact) mass is 334 g/mol. The molecule has 76 valence electrons. The predicted molar refractivity (Wildman–Crippen MR) is 54.3 cm³/mol. The zero-order valence-electron chi connectivity index (χ0n) is 6.53. The van der Waals surface area contributed by atoms with Crippen molar-refractivity contribution in [2.24, 2.45) is 0 Å². The second kappa shape index (κ2) is 4.06. The average Bonchev–Trinajstić information content (AvgIpc) is 2.02. The summed E-state index contributed by atoms with van der Waals surface area (Å²) in [5.41, 5.74) is -0.996. The molecule has 0 radical (unpaired) electrons. The van der Waals surface area contributed by atoms with Crippen molar-refractivity contribution in [3.05, 3.63) is 32.9 Å². The van der Waals surface area contributed by atoms with Crippen LogP contribution in [0.3, 0.4) is 0 Å². The van der Waals surface area contributed by atoms with Gasteiger partial charge < -0.3 is 0 Å². The maximum atomic E-state index is 12.3. The Morgan fingerprint density at radius 1 is 1.36 bits per heavy atom. The molecule has 0 spiro atoms. The van der Waals surface area contributed by atoms with Gasteiger partial charge in [-0.2, -0.15) is 13.2 Å². The van der Waals surface area contributed by atoms with E-state index in [2.05, 4.69) is 0 Å². The quantitative estimate of drug-likeness (QED) is 0.565. The molecule has 1 aromatic carbocycles. The lowest BCUT2D eigenvalue weighted by molar-refractivity contribution is -0.138. The molecule has 0 amide bonds. The van der Waals surface area contributed by atoms with E-state index in [1.54, 1.807) is 22.6 Å². The van der Waals surface area contributed by atoms with Crippen molar-refractivity contribution in [2.75, 3.05) is 0 Å². The number of alkyl halides is 3. The third-order valence-corrected chi connectivity index (χ3v) is 2.66. The highest BCUT2D eigenvalue weighted by atomic mass is 127. The van der Waals surface area contributed by atoms with Crippen molar-refractivity contribution in [1.29, 1.82) is 0 Å². The maximum Gasteiger partial charge on any atom is 0.417 e. The van der Waals surface area contributed by atoms with Crippen LogP contribution in [0.1, 0.15) is 15.9 Å². The van der Waals surface area contributed by atoms with Gasteiger partial charge in [-0.25, -0.2) is 0 Å².